The van der Waals surface area contributed by atoms with Gasteiger partial charge in [-0.15, -0.1) is 0 Å². The van der Waals surface area contributed by atoms with Gasteiger partial charge in [0, 0.05) is 34.7 Å². The van der Waals surface area contributed by atoms with E-state index in [1.165, 1.54) is 0 Å². The second-order valence-corrected chi connectivity index (χ2v) is 8.64. The molecule has 3 atom stereocenters. The molecule has 0 radical (unpaired) electrons. The number of phenolic OH excluding ortho intramolecular Hbond substituents is 1. The number of carbonyl (C=O) groups excluding carboxylic acids is 1. The fraction of sp³-hybridized carbons (Fsp3) is 0.185. The van der Waals surface area contributed by atoms with Crippen LogP contribution in [0.2, 0.25) is 0 Å². The van der Waals surface area contributed by atoms with Crippen molar-refractivity contribution in [1.29, 1.82) is 0 Å². The number of aromatic amines is 1. The third-order valence-corrected chi connectivity index (χ3v) is 6.37. The minimum absolute atomic E-state index is 0.112. The summed E-state index contributed by atoms with van der Waals surface area (Å²) in [7, 11) is 0. The number of nitrogens with zero attached hydrogens (tertiary/aromatic N) is 1. The van der Waals surface area contributed by atoms with Crippen LogP contribution in [0.1, 0.15) is 40.0 Å². The molecule has 0 amide bonds. The van der Waals surface area contributed by atoms with E-state index in [-0.39, 0.29) is 11.5 Å². The molecule has 3 unspecified atom stereocenters. The number of fused-ring (bicyclic) bond motifs is 1. The minimum Gasteiger partial charge on any atom is -0.508 e. The van der Waals surface area contributed by atoms with Crippen molar-refractivity contribution in [2.75, 3.05) is 0 Å². The van der Waals surface area contributed by atoms with Gasteiger partial charge in [0.05, 0.1) is 17.2 Å². The van der Waals surface area contributed by atoms with Crippen molar-refractivity contribution in [3.63, 3.8) is 0 Å². The number of carbonyl (C=O) groups is 1. The molecular formula is C27H24N2O3. The maximum absolute atomic E-state index is 13.8. The number of H-pyrrole nitrogens is 1. The van der Waals surface area contributed by atoms with Crippen molar-refractivity contribution in [2.24, 2.45) is 5.92 Å². The Morgan fingerprint density at radius 2 is 1.59 bits per heavy atom. The Kier molecular flexibility index (Phi) is 4.91. The van der Waals surface area contributed by atoms with Gasteiger partial charge in [-0.1, -0.05) is 72.8 Å². The van der Waals surface area contributed by atoms with E-state index >= 15 is 0 Å². The molecule has 1 aliphatic carbocycles. The van der Waals surface area contributed by atoms with Crippen LogP contribution in [0, 0.1) is 5.92 Å². The highest BCUT2D eigenvalue weighted by molar-refractivity contribution is 6.00. The summed E-state index contributed by atoms with van der Waals surface area (Å²) in [5, 5.41) is 29.1. The first-order valence-electron chi connectivity index (χ1n) is 10.7. The highest BCUT2D eigenvalue weighted by Gasteiger charge is 2.50. The number of phenols is 1. The molecular weight excluding hydrogens is 400 g/mol. The molecule has 0 fully saturated rings. The Bertz CT molecular complexity index is 1250. The highest BCUT2D eigenvalue weighted by Crippen LogP contribution is 2.49. The van der Waals surface area contributed by atoms with Crippen molar-refractivity contribution in [3.8, 4) is 17.0 Å². The van der Waals surface area contributed by atoms with E-state index in [9.17, 15) is 15.0 Å². The number of aromatic hydroxyl groups is 1. The lowest BCUT2D eigenvalue weighted by Gasteiger charge is -2.42. The van der Waals surface area contributed by atoms with Crippen LogP contribution in [0.5, 0.6) is 5.75 Å². The van der Waals surface area contributed by atoms with Crippen molar-refractivity contribution < 1.29 is 15.0 Å². The molecule has 5 heteroatoms. The summed E-state index contributed by atoms with van der Waals surface area (Å²) in [4.78, 5) is 13.8. The molecule has 0 aliphatic heterocycles. The third-order valence-electron chi connectivity index (χ3n) is 6.37. The van der Waals surface area contributed by atoms with Gasteiger partial charge in [-0.25, -0.2) is 0 Å². The van der Waals surface area contributed by atoms with Gasteiger partial charge in [0.1, 0.15) is 5.75 Å². The monoisotopic (exact) mass is 424 g/mol. The summed E-state index contributed by atoms with van der Waals surface area (Å²) in [6, 6.07) is 25.8. The molecule has 4 aromatic rings. The second-order valence-electron chi connectivity index (χ2n) is 8.64. The van der Waals surface area contributed by atoms with Gasteiger partial charge in [0.15, 0.2) is 5.78 Å². The van der Waals surface area contributed by atoms with Crippen molar-refractivity contribution in [3.05, 3.63) is 107 Å². The maximum Gasteiger partial charge on any atom is 0.169 e. The van der Waals surface area contributed by atoms with E-state index < -0.39 is 17.4 Å². The number of rotatable bonds is 4. The Morgan fingerprint density at radius 1 is 0.969 bits per heavy atom. The molecule has 3 aromatic carbocycles. The lowest BCUT2D eigenvalue weighted by molar-refractivity contribution is -0.00733. The minimum atomic E-state index is -1.29. The topological polar surface area (TPSA) is 86.2 Å². The molecule has 0 spiro atoms. The molecule has 1 aromatic heterocycles. The van der Waals surface area contributed by atoms with Gasteiger partial charge in [-0.2, -0.15) is 5.10 Å². The first-order chi connectivity index (χ1) is 15.5. The molecule has 32 heavy (non-hydrogen) atoms. The van der Waals surface area contributed by atoms with Crippen LogP contribution in [0.15, 0.2) is 84.9 Å². The van der Waals surface area contributed by atoms with Crippen LogP contribution in [-0.4, -0.2) is 31.8 Å². The van der Waals surface area contributed by atoms with E-state index in [1.54, 1.807) is 31.2 Å². The van der Waals surface area contributed by atoms with Crippen LogP contribution in [0.3, 0.4) is 0 Å². The molecule has 0 saturated heterocycles. The summed E-state index contributed by atoms with van der Waals surface area (Å²) < 4.78 is 0. The van der Waals surface area contributed by atoms with Crippen LogP contribution >= 0.6 is 0 Å². The number of Topliss-reactive ketones (excluding diaryl/α,β-unsaturated/α-hetero) is 1. The van der Waals surface area contributed by atoms with Gasteiger partial charge in [-0.05, 0) is 24.6 Å². The normalized spacial score (nSPS) is 22.3. The molecule has 0 saturated carbocycles. The lowest BCUT2D eigenvalue weighted by atomic mass is 9.63. The maximum atomic E-state index is 13.8. The first kappa shape index (κ1) is 20.2. The molecule has 5 nitrogen and oxygen atoms in total. The third kappa shape index (κ3) is 3.41. The Labute approximate surface area is 186 Å². The fourth-order valence-electron chi connectivity index (χ4n) is 4.92. The lowest BCUT2D eigenvalue weighted by Crippen LogP contribution is -2.48. The van der Waals surface area contributed by atoms with Crippen LogP contribution < -0.4 is 0 Å². The molecule has 0 bridgehead atoms. The van der Waals surface area contributed by atoms with Crippen molar-refractivity contribution >= 4 is 5.78 Å². The summed E-state index contributed by atoms with van der Waals surface area (Å²) in [5.74, 6) is -1.12. The average molecular weight is 425 g/mol. The smallest absolute Gasteiger partial charge is 0.169 e. The summed E-state index contributed by atoms with van der Waals surface area (Å²) >= 11 is 0. The Morgan fingerprint density at radius 3 is 2.25 bits per heavy atom. The summed E-state index contributed by atoms with van der Waals surface area (Å²) in [6.07, 6.45) is 0.292. The standard InChI is InChI=1S/C27H24N2O3/c1-27(32)16-21-23(25(29-28-21)18-8-4-2-5-9-18)22(17-12-14-20(30)15-13-17)24(27)26(31)19-10-6-3-7-11-19/h2-15,22,24,30,32H,16H2,1H3,(H,28,29). The van der Waals surface area contributed by atoms with E-state index in [2.05, 4.69) is 10.2 Å². The predicted molar refractivity (Wildman–Crippen MR) is 123 cm³/mol. The van der Waals surface area contributed by atoms with Crippen molar-refractivity contribution in [2.45, 2.75) is 24.9 Å². The number of hydrogen-bond donors (Lipinski definition) is 3. The van der Waals surface area contributed by atoms with Crippen LogP contribution in [-0.2, 0) is 6.42 Å². The van der Waals surface area contributed by atoms with Crippen LogP contribution in [0.25, 0.3) is 11.3 Å². The number of aromatic nitrogens is 2. The Balaban J connectivity index is 1.74. The Hall–Kier alpha value is -3.70. The number of benzene rings is 3. The highest BCUT2D eigenvalue weighted by atomic mass is 16.3. The van der Waals surface area contributed by atoms with Gasteiger partial charge in [0.2, 0.25) is 0 Å². The van der Waals surface area contributed by atoms with Gasteiger partial charge >= 0.3 is 0 Å². The van der Waals surface area contributed by atoms with Gasteiger partial charge < -0.3 is 10.2 Å². The van der Waals surface area contributed by atoms with Gasteiger partial charge in [0.25, 0.3) is 0 Å². The second kappa shape index (κ2) is 7.77. The SMILES string of the molecule is CC1(O)Cc2[nH]nc(-c3ccccc3)c2C(c2ccc(O)cc2)C1C(=O)c1ccccc1. The fourth-order valence-corrected chi connectivity index (χ4v) is 4.92. The zero-order valence-electron chi connectivity index (χ0n) is 17.7. The molecule has 160 valence electrons. The molecule has 1 aliphatic rings. The summed E-state index contributed by atoms with van der Waals surface area (Å²) in [5.41, 5.74) is 3.59. The molecule has 5 rings (SSSR count). The van der Waals surface area contributed by atoms with Crippen molar-refractivity contribution in [1.82, 2.24) is 10.2 Å². The number of nitrogens with one attached hydrogen (secondary N) is 1. The first-order valence-corrected chi connectivity index (χ1v) is 10.7. The number of hydrogen-bond acceptors (Lipinski definition) is 4. The van der Waals surface area contributed by atoms with E-state index in [0.29, 0.717) is 12.0 Å². The van der Waals surface area contributed by atoms with E-state index in [4.69, 9.17) is 0 Å². The van der Waals surface area contributed by atoms with Crippen LogP contribution in [0.4, 0.5) is 0 Å². The zero-order valence-corrected chi connectivity index (χ0v) is 17.7. The average Bonchev–Trinajstić information content (AvgIpc) is 3.22. The molecule has 1 heterocycles. The molecule has 3 N–H and O–H groups in total. The van der Waals surface area contributed by atoms with E-state index in [1.807, 2.05) is 60.7 Å². The summed E-state index contributed by atoms with van der Waals surface area (Å²) in [6.45, 7) is 1.72. The number of ketones is 1. The van der Waals surface area contributed by atoms with E-state index in [0.717, 1.165) is 28.1 Å². The zero-order chi connectivity index (χ0) is 22.3. The largest absolute Gasteiger partial charge is 0.508 e. The number of aliphatic hydroxyl groups is 1. The quantitative estimate of drug-likeness (QED) is 0.414. The van der Waals surface area contributed by atoms with Gasteiger partial charge in [-0.3, -0.25) is 9.89 Å². The predicted octanol–water partition coefficient (Wildman–Crippen LogP) is 4.72.